The van der Waals surface area contributed by atoms with Gasteiger partial charge in [-0.3, -0.25) is 9.78 Å². The van der Waals surface area contributed by atoms with Crippen molar-refractivity contribution in [2.45, 2.75) is 33.2 Å². The maximum Gasteiger partial charge on any atom is 0.263 e. The summed E-state index contributed by atoms with van der Waals surface area (Å²) in [6.07, 6.45) is 2.74. The van der Waals surface area contributed by atoms with E-state index < -0.39 is 0 Å². The molecule has 0 aliphatic carbocycles. The molecule has 0 bridgehead atoms. The molecule has 1 N–H and O–H groups in total. The zero-order valence-electron chi connectivity index (χ0n) is 14.6. The Morgan fingerprint density at radius 3 is 2.60 bits per heavy atom. The fourth-order valence-electron chi connectivity index (χ4n) is 2.58. The smallest absolute Gasteiger partial charge is 0.263 e. The fourth-order valence-corrected chi connectivity index (χ4v) is 3.56. The molecule has 1 aromatic carbocycles. The predicted molar refractivity (Wildman–Crippen MR) is 102 cm³/mol. The summed E-state index contributed by atoms with van der Waals surface area (Å²) in [6.45, 7) is 5.94. The van der Waals surface area contributed by atoms with Crippen molar-refractivity contribution in [2.24, 2.45) is 0 Å². The third-order valence-electron chi connectivity index (χ3n) is 4.09. The molecule has 0 aliphatic heterocycles. The van der Waals surface area contributed by atoms with Gasteiger partial charge in [-0.1, -0.05) is 37.3 Å². The molecule has 5 heteroatoms. The van der Waals surface area contributed by atoms with Crippen molar-refractivity contribution in [1.29, 1.82) is 0 Å². The van der Waals surface area contributed by atoms with Crippen molar-refractivity contribution in [3.63, 3.8) is 0 Å². The molecular formula is C20H21N3OS. The molecule has 0 fully saturated rings. The summed E-state index contributed by atoms with van der Waals surface area (Å²) in [5.74, 6) is -0.107. The van der Waals surface area contributed by atoms with Gasteiger partial charge in [0.2, 0.25) is 0 Å². The standard InChI is InChI=1S/C20H21N3OS/c1-4-15-8-10-16(11-9-15)20-23-14(3)18(25-20)19(24)22-13(2)17-7-5-6-12-21-17/h5-13H,4H2,1-3H3,(H,22,24). The van der Waals surface area contributed by atoms with Crippen molar-refractivity contribution in [1.82, 2.24) is 15.3 Å². The second-order valence-electron chi connectivity index (χ2n) is 5.93. The van der Waals surface area contributed by atoms with Crippen molar-refractivity contribution in [2.75, 3.05) is 0 Å². The van der Waals surface area contributed by atoms with Gasteiger partial charge in [-0.15, -0.1) is 11.3 Å². The van der Waals surface area contributed by atoms with Gasteiger partial charge < -0.3 is 5.32 Å². The van der Waals surface area contributed by atoms with Gasteiger partial charge in [0.1, 0.15) is 9.88 Å². The predicted octanol–water partition coefficient (Wildman–Crippen LogP) is 4.57. The number of aromatic nitrogens is 2. The van der Waals surface area contributed by atoms with Gasteiger partial charge >= 0.3 is 0 Å². The highest BCUT2D eigenvalue weighted by Crippen LogP contribution is 2.28. The Morgan fingerprint density at radius 1 is 1.20 bits per heavy atom. The Kier molecular flexibility index (Phi) is 5.24. The number of hydrogen-bond acceptors (Lipinski definition) is 4. The van der Waals surface area contributed by atoms with E-state index in [2.05, 4.69) is 46.5 Å². The van der Waals surface area contributed by atoms with E-state index in [0.717, 1.165) is 28.4 Å². The largest absolute Gasteiger partial charge is 0.343 e. The molecular weight excluding hydrogens is 330 g/mol. The van der Waals surface area contributed by atoms with Crippen LogP contribution in [0.3, 0.4) is 0 Å². The minimum atomic E-state index is -0.150. The monoisotopic (exact) mass is 351 g/mol. The number of hydrogen-bond donors (Lipinski definition) is 1. The molecule has 2 aromatic heterocycles. The molecule has 0 radical (unpaired) electrons. The van der Waals surface area contributed by atoms with Gasteiger partial charge in [0.15, 0.2) is 0 Å². The lowest BCUT2D eigenvalue weighted by Crippen LogP contribution is -2.27. The molecule has 3 aromatic rings. The number of carbonyl (C=O) groups is 1. The molecule has 0 aliphatic rings. The molecule has 1 unspecified atom stereocenters. The van der Waals surface area contributed by atoms with Crippen LogP contribution < -0.4 is 5.32 Å². The Balaban J connectivity index is 1.78. The molecule has 2 heterocycles. The van der Waals surface area contributed by atoms with Crippen LogP contribution in [0.25, 0.3) is 10.6 Å². The first-order chi connectivity index (χ1) is 12.1. The van der Waals surface area contributed by atoms with Gasteiger partial charge in [-0.2, -0.15) is 0 Å². The summed E-state index contributed by atoms with van der Waals surface area (Å²) in [7, 11) is 0. The normalized spacial score (nSPS) is 12.0. The Labute approximate surface area is 152 Å². The number of nitrogens with one attached hydrogen (secondary N) is 1. The first kappa shape index (κ1) is 17.3. The highest BCUT2D eigenvalue weighted by molar-refractivity contribution is 7.17. The first-order valence-electron chi connectivity index (χ1n) is 8.37. The number of pyridine rings is 1. The van der Waals surface area contributed by atoms with Crippen LogP contribution in [0.5, 0.6) is 0 Å². The van der Waals surface area contributed by atoms with Gasteiger partial charge in [-0.05, 0) is 38.0 Å². The van der Waals surface area contributed by atoms with Crippen molar-refractivity contribution < 1.29 is 4.79 Å². The van der Waals surface area contributed by atoms with Gasteiger partial charge in [0, 0.05) is 11.8 Å². The van der Waals surface area contributed by atoms with Gasteiger partial charge in [-0.25, -0.2) is 4.98 Å². The summed E-state index contributed by atoms with van der Waals surface area (Å²) in [6, 6.07) is 13.9. The minimum Gasteiger partial charge on any atom is -0.343 e. The van der Waals surface area contributed by atoms with Gasteiger partial charge in [0.05, 0.1) is 17.4 Å². The lowest BCUT2D eigenvalue weighted by Gasteiger charge is -2.12. The van der Waals surface area contributed by atoms with Crippen LogP contribution in [0.2, 0.25) is 0 Å². The molecule has 4 nitrogen and oxygen atoms in total. The third-order valence-corrected chi connectivity index (χ3v) is 5.30. The molecule has 0 saturated carbocycles. The summed E-state index contributed by atoms with van der Waals surface area (Å²) in [5.41, 5.74) is 3.93. The van der Waals surface area contributed by atoms with E-state index in [0.29, 0.717) is 4.88 Å². The molecule has 25 heavy (non-hydrogen) atoms. The lowest BCUT2D eigenvalue weighted by molar-refractivity contribution is 0.0942. The number of amides is 1. The summed E-state index contributed by atoms with van der Waals surface area (Å²) in [5, 5.41) is 3.88. The quantitative estimate of drug-likeness (QED) is 0.733. The zero-order valence-corrected chi connectivity index (χ0v) is 15.4. The molecule has 128 valence electrons. The first-order valence-corrected chi connectivity index (χ1v) is 9.18. The molecule has 0 spiro atoms. The van der Waals surface area contributed by atoms with E-state index in [1.54, 1.807) is 6.20 Å². The number of nitrogens with zero attached hydrogens (tertiary/aromatic N) is 2. The summed E-state index contributed by atoms with van der Waals surface area (Å²) >= 11 is 1.43. The van der Waals surface area contributed by atoms with Crippen LogP contribution >= 0.6 is 11.3 Å². The number of benzene rings is 1. The highest BCUT2D eigenvalue weighted by atomic mass is 32.1. The van der Waals surface area contributed by atoms with Crippen molar-refractivity contribution in [3.05, 3.63) is 70.5 Å². The van der Waals surface area contributed by atoms with Crippen LogP contribution in [-0.2, 0) is 6.42 Å². The number of aryl methyl sites for hydroxylation is 2. The Morgan fingerprint density at radius 2 is 1.96 bits per heavy atom. The second-order valence-corrected chi connectivity index (χ2v) is 6.93. The molecule has 1 atom stereocenters. The lowest BCUT2D eigenvalue weighted by atomic mass is 10.1. The molecule has 3 rings (SSSR count). The Bertz CT molecular complexity index is 856. The highest BCUT2D eigenvalue weighted by Gasteiger charge is 2.18. The van der Waals surface area contributed by atoms with Crippen LogP contribution in [0.4, 0.5) is 0 Å². The topological polar surface area (TPSA) is 54.9 Å². The van der Waals surface area contributed by atoms with Gasteiger partial charge in [0.25, 0.3) is 5.91 Å². The molecule has 1 amide bonds. The molecule has 0 saturated heterocycles. The number of carbonyl (C=O) groups excluding carboxylic acids is 1. The maximum atomic E-state index is 12.6. The third kappa shape index (κ3) is 3.94. The average Bonchev–Trinajstić information content (AvgIpc) is 3.04. The van der Waals surface area contributed by atoms with E-state index in [-0.39, 0.29) is 11.9 Å². The summed E-state index contributed by atoms with van der Waals surface area (Å²) in [4.78, 5) is 22.1. The SMILES string of the molecule is CCc1ccc(-c2nc(C)c(C(=O)NC(C)c3ccccn3)s2)cc1. The van der Waals surface area contributed by atoms with Crippen molar-refractivity contribution in [3.8, 4) is 10.6 Å². The van der Waals surface area contributed by atoms with Crippen LogP contribution in [-0.4, -0.2) is 15.9 Å². The number of thiazole rings is 1. The van der Waals surface area contributed by atoms with Crippen molar-refractivity contribution >= 4 is 17.2 Å². The van der Waals surface area contributed by atoms with E-state index in [1.807, 2.05) is 32.0 Å². The average molecular weight is 351 g/mol. The van der Waals surface area contributed by atoms with Crippen LogP contribution in [0.15, 0.2) is 48.7 Å². The second kappa shape index (κ2) is 7.57. The zero-order chi connectivity index (χ0) is 17.8. The number of rotatable bonds is 5. The van der Waals surface area contributed by atoms with E-state index in [4.69, 9.17) is 0 Å². The maximum absolute atomic E-state index is 12.6. The van der Waals surface area contributed by atoms with Crippen LogP contribution in [0, 0.1) is 6.92 Å². The van der Waals surface area contributed by atoms with Crippen LogP contribution in [0.1, 0.15) is 46.5 Å². The van der Waals surface area contributed by atoms with E-state index in [9.17, 15) is 4.79 Å². The fraction of sp³-hybridized carbons (Fsp3) is 0.250. The summed E-state index contributed by atoms with van der Waals surface area (Å²) < 4.78 is 0. The van der Waals surface area contributed by atoms with E-state index in [1.165, 1.54) is 16.9 Å². The Hall–Kier alpha value is -2.53. The van der Waals surface area contributed by atoms with E-state index >= 15 is 0 Å². The minimum absolute atomic E-state index is 0.107.